The molecule has 8 heteroatoms. The van der Waals surface area contributed by atoms with E-state index in [1.165, 1.54) is 0 Å². The van der Waals surface area contributed by atoms with Crippen molar-refractivity contribution in [2.24, 2.45) is 0 Å². The molecule has 126 valence electrons. The van der Waals surface area contributed by atoms with Gasteiger partial charge in [-0.15, -0.1) is 0 Å². The number of carbonyl (C=O) groups is 1. The second-order valence-electron chi connectivity index (χ2n) is 5.80. The van der Waals surface area contributed by atoms with Gasteiger partial charge >= 0.3 is 0 Å². The van der Waals surface area contributed by atoms with Gasteiger partial charge in [-0.25, -0.2) is 4.98 Å². The molecule has 0 unspecified atom stereocenters. The van der Waals surface area contributed by atoms with Crippen molar-refractivity contribution in [3.05, 3.63) is 39.9 Å². The number of aromatic nitrogens is 3. The minimum atomic E-state index is -0.380. The Hall–Kier alpha value is -2.41. The lowest BCUT2D eigenvalue weighted by Crippen LogP contribution is -2.54. The molecular formula is C16H18ClN5O2. The zero-order valence-electron chi connectivity index (χ0n) is 13.5. The van der Waals surface area contributed by atoms with Crippen LogP contribution in [0.25, 0.3) is 11.4 Å². The molecule has 0 radical (unpaired) electrons. The zero-order chi connectivity index (χ0) is 17.3. The fourth-order valence-electron chi connectivity index (χ4n) is 2.92. The summed E-state index contributed by atoms with van der Waals surface area (Å²) in [6.45, 7) is 5.26. The van der Waals surface area contributed by atoms with Crippen molar-refractivity contribution in [3.8, 4) is 11.4 Å². The summed E-state index contributed by atoms with van der Waals surface area (Å²) < 4.78 is 0. The van der Waals surface area contributed by atoms with E-state index in [-0.39, 0.29) is 22.5 Å². The fourth-order valence-corrected chi connectivity index (χ4v) is 3.13. The van der Waals surface area contributed by atoms with E-state index in [0.717, 1.165) is 5.56 Å². The summed E-state index contributed by atoms with van der Waals surface area (Å²) in [7, 11) is 0. The smallest absolute Gasteiger partial charge is 0.272 e. The second kappa shape index (κ2) is 6.60. The molecule has 24 heavy (non-hydrogen) atoms. The first-order valence-electron chi connectivity index (χ1n) is 7.69. The highest BCUT2D eigenvalue weighted by atomic mass is 35.5. The van der Waals surface area contributed by atoms with E-state index in [2.05, 4.69) is 15.0 Å². The van der Waals surface area contributed by atoms with Crippen LogP contribution in [0.4, 0.5) is 5.82 Å². The maximum atomic E-state index is 12.2. The van der Waals surface area contributed by atoms with Crippen LogP contribution in [0.5, 0.6) is 0 Å². The average molecular weight is 348 g/mol. The summed E-state index contributed by atoms with van der Waals surface area (Å²) in [6, 6.07) is 3.57. The number of aromatic amines is 1. The van der Waals surface area contributed by atoms with E-state index < -0.39 is 0 Å². The van der Waals surface area contributed by atoms with Gasteiger partial charge in [0.2, 0.25) is 5.91 Å². The Morgan fingerprint density at radius 2 is 2.04 bits per heavy atom. The van der Waals surface area contributed by atoms with Crippen LogP contribution in [0.2, 0.25) is 5.02 Å². The largest absolute Gasteiger partial charge is 0.351 e. The Balaban J connectivity index is 1.95. The van der Waals surface area contributed by atoms with Crippen molar-refractivity contribution in [3.63, 3.8) is 0 Å². The molecule has 0 spiro atoms. The maximum Gasteiger partial charge on any atom is 0.272 e. The van der Waals surface area contributed by atoms with Crippen LogP contribution < -0.4 is 10.5 Å². The standard InChI is InChI=1S/C16H18ClN5O2/c1-10-9-21(7-8-22(10)11(2)23)15-13(17)16(24)20-14(19-15)12-3-5-18-6-4-12/h3-6,10H,7-9H2,1-2H3,(H,19,20,24)/t10-/m0/s1. The molecule has 1 atom stereocenters. The third-order valence-corrected chi connectivity index (χ3v) is 4.47. The molecule has 2 aromatic heterocycles. The van der Waals surface area contributed by atoms with Crippen LogP contribution in [0.1, 0.15) is 13.8 Å². The van der Waals surface area contributed by atoms with Crippen LogP contribution in [-0.4, -0.2) is 51.4 Å². The molecule has 0 bridgehead atoms. The van der Waals surface area contributed by atoms with Gasteiger partial charge in [0.25, 0.3) is 5.56 Å². The van der Waals surface area contributed by atoms with Gasteiger partial charge in [-0.05, 0) is 19.1 Å². The van der Waals surface area contributed by atoms with Crippen molar-refractivity contribution in [1.82, 2.24) is 19.9 Å². The fraction of sp³-hybridized carbons (Fsp3) is 0.375. The summed E-state index contributed by atoms with van der Waals surface area (Å²) in [5.74, 6) is 0.940. The van der Waals surface area contributed by atoms with Crippen molar-refractivity contribution < 1.29 is 4.79 Å². The molecule has 0 saturated carbocycles. The topological polar surface area (TPSA) is 82.2 Å². The Kier molecular flexibility index (Phi) is 4.53. The van der Waals surface area contributed by atoms with Gasteiger partial charge in [0.1, 0.15) is 10.8 Å². The second-order valence-corrected chi connectivity index (χ2v) is 6.17. The number of halogens is 1. The summed E-state index contributed by atoms with van der Waals surface area (Å²) in [4.78, 5) is 38.8. The molecule has 1 aliphatic rings. The molecule has 1 fully saturated rings. The van der Waals surface area contributed by atoms with E-state index in [4.69, 9.17) is 11.6 Å². The van der Waals surface area contributed by atoms with E-state index in [9.17, 15) is 9.59 Å². The van der Waals surface area contributed by atoms with Crippen molar-refractivity contribution >= 4 is 23.3 Å². The SMILES string of the molecule is CC(=O)N1CCN(c2nc(-c3ccncc3)[nH]c(=O)c2Cl)C[C@@H]1C. The lowest BCUT2D eigenvalue weighted by molar-refractivity contribution is -0.131. The highest BCUT2D eigenvalue weighted by molar-refractivity contribution is 6.32. The number of H-pyrrole nitrogens is 1. The lowest BCUT2D eigenvalue weighted by atomic mass is 10.2. The molecule has 3 heterocycles. The molecule has 2 aromatic rings. The van der Waals surface area contributed by atoms with Crippen LogP contribution in [0.15, 0.2) is 29.3 Å². The molecule has 3 rings (SSSR count). The molecule has 1 N–H and O–H groups in total. The average Bonchev–Trinajstić information content (AvgIpc) is 2.57. The van der Waals surface area contributed by atoms with Gasteiger partial charge in [-0.3, -0.25) is 14.6 Å². The van der Waals surface area contributed by atoms with Crippen LogP contribution in [0, 0.1) is 0 Å². The normalized spacial score (nSPS) is 17.9. The third kappa shape index (κ3) is 3.12. The summed E-state index contributed by atoms with van der Waals surface area (Å²) in [6.07, 6.45) is 3.27. The van der Waals surface area contributed by atoms with Crippen LogP contribution in [0.3, 0.4) is 0 Å². The Bertz CT molecular complexity index is 808. The number of anilines is 1. The Morgan fingerprint density at radius 3 is 2.67 bits per heavy atom. The lowest BCUT2D eigenvalue weighted by Gasteiger charge is -2.40. The number of rotatable bonds is 2. The predicted octanol–water partition coefficient (Wildman–Crippen LogP) is 1.54. The minimum Gasteiger partial charge on any atom is -0.351 e. The Morgan fingerprint density at radius 1 is 1.33 bits per heavy atom. The molecule has 0 aromatic carbocycles. The molecule has 1 saturated heterocycles. The highest BCUT2D eigenvalue weighted by Gasteiger charge is 2.28. The number of pyridine rings is 1. The van der Waals surface area contributed by atoms with E-state index >= 15 is 0 Å². The predicted molar refractivity (Wildman–Crippen MR) is 92.2 cm³/mol. The summed E-state index contributed by atoms with van der Waals surface area (Å²) in [5, 5.41) is 0.0660. The van der Waals surface area contributed by atoms with Crippen molar-refractivity contribution in [1.29, 1.82) is 0 Å². The van der Waals surface area contributed by atoms with Gasteiger partial charge in [0.15, 0.2) is 5.82 Å². The van der Waals surface area contributed by atoms with Crippen molar-refractivity contribution in [2.75, 3.05) is 24.5 Å². The number of amides is 1. The van der Waals surface area contributed by atoms with E-state index in [1.54, 1.807) is 36.4 Å². The third-order valence-electron chi connectivity index (χ3n) is 4.13. The number of nitrogens with one attached hydrogen (secondary N) is 1. The highest BCUT2D eigenvalue weighted by Crippen LogP contribution is 2.25. The van der Waals surface area contributed by atoms with Gasteiger partial charge in [0, 0.05) is 50.6 Å². The molecule has 0 aliphatic carbocycles. The van der Waals surface area contributed by atoms with Crippen LogP contribution in [-0.2, 0) is 4.79 Å². The monoisotopic (exact) mass is 347 g/mol. The van der Waals surface area contributed by atoms with Gasteiger partial charge in [0.05, 0.1) is 0 Å². The minimum absolute atomic E-state index is 0.0257. The number of hydrogen-bond donors (Lipinski definition) is 1. The van der Waals surface area contributed by atoms with Gasteiger partial charge < -0.3 is 14.8 Å². The Labute approximate surface area is 144 Å². The number of nitrogens with zero attached hydrogens (tertiary/aromatic N) is 4. The molecule has 1 amide bonds. The van der Waals surface area contributed by atoms with Gasteiger partial charge in [-0.1, -0.05) is 11.6 Å². The first-order chi connectivity index (χ1) is 11.5. The molecule has 7 nitrogen and oxygen atoms in total. The molecular weight excluding hydrogens is 330 g/mol. The van der Waals surface area contributed by atoms with Crippen LogP contribution >= 0.6 is 11.6 Å². The number of hydrogen-bond acceptors (Lipinski definition) is 5. The number of carbonyl (C=O) groups excluding carboxylic acids is 1. The molecule has 1 aliphatic heterocycles. The maximum absolute atomic E-state index is 12.2. The van der Waals surface area contributed by atoms with E-state index in [1.807, 2.05) is 11.8 Å². The van der Waals surface area contributed by atoms with E-state index in [0.29, 0.717) is 31.3 Å². The first kappa shape index (κ1) is 16.4. The summed E-state index contributed by atoms with van der Waals surface area (Å²) in [5.41, 5.74) is 0.380. The quantitative estimate of drug-likeness (QED) is 0.891. The van der Waals surface area contributed by atoms with Crippen molar-refractivity contribution in [2.45, 2.75) is 19.9 Å². The zero-order valence-corrected chi connectivity index (χ0v) is 14.2. The number of piperazine rings is 1. The van der Waals surface area contributed by atoms with Gasteiger partial charge in [-0.2, -0.15) is 0 Å². The first-order valence-corrected chi connectivity index (χ1v) is 8.07. The summed E-state index contributed by atoms with van der Waals surface area (Å²) >= 11 is 6.19.